The highest BCUT2D eigenvalue weighted by Gasteiger charge is 2.27. The van der Waals surface area contributed by atoms with Crippen molar-refractivity contribution in [2.24, 2.45) is 0 Å². The molecule has 0 aromatic carbocycles. The predicted octanol–water partition coefficient (Wildman–Crippen LogP) is 4.85. The van der Waals surface area contributed by atoms with Crippen LogP contribution in [-0.4, -0.2) is 33.3 Å². The monoisotopic (exact) mass is 350 g/mol. The third kappa shape index (κ3) is 4.90. The normalized spacial score (nSPS) is 24.8. The number of nitrogens with zero attached hydrogens (tertiary/aromatic N) is 2. The molecule has 5 heteroatoms. The van der Waals surface area contributed by atoms with E-state index < -0.39 is 0 Å². The van der Waals surface area contributed by atoms with Crippen LogP contribution in [0.2, 0.25) is 0 Å². The lowest BCUT2D eigenvalue weighted by Gasteiger charge is -2.36. The van der Waals surface area contributed by atoms with Gasteiger partial charge in [-0.15, -0.1) is 0 Å². The van der Waals surface area contributed by atoms with Crippen LogP contribution in [0, 0.1) is 0 Å². The standard InChI is InChI=1S/C18H26N2OS2/c21-18(9-2-1-7-16-10-13-22-23-16)20-12-4-3-8-17(20)15-6-5-11-19-14-15/h5-6,11,14,16-17H,1-4,7-10,12-13H2/t16?,17-/m0/s1. The molecule has 3 rings (SSSR count). The Morgan fingerprint density at radius 3 is 3.04 bits per heavy atom. The average Bonchev–Trinajstić information content (AvgIpc) is 3.13. The maximum Gasteiger partial charge on any atom is 0.223 e. The van der Waals surface area contributed by atoms with Crippen molar-refractivity contribution in [2.45, 2.75) is 62.7 Å². The van der Waals surface area contributed by atoms with E-state index in [1.54, 1.807) is 6.20 Å². The lowest BCUT2D eigenvalue weighted by Crippen LogP contribution is -2.38. The fourth-order valence-electron chi connectivity index (χ4n) is 3.51. The van der Waals surface area contributed by atoms with Gasteiger partial charge in [0.15, 0.2) is 0 Å². The lowest BCUT2D eigenvalue weighted by atomic mass is 9.95. The van der Waals surface area contributed by atoms with Gasteiger partial charge in [0.05, 0.1) is 6.04 Å². The van der Waals surface area contributed by atoms with E-state index in [-0.39, 0.29) is 6.04 Å². The molecule has 3 heterocycles. The summed E-state index contributed by atoms with van der Waals surface area (Å²) in [5.41, 5.74) is 1.19. The maximum atomic E-state index is 12.7. The molecule has 2 saturated heterocycles. The number of hydrogen-bond donors (Lipinski definition) is 0. The summed E-state index contributed by atoms with van der Waals surface area (Å²) < 4.78 is 0. The number of carbonyl (C=O) groups is 1. The molecule has 0 bridgehead atoms. The van der Waals surface area contributed by atoms with Crippen molar-refractivity contribution in [3.8, 4) is 0 Å². The number of hydrogen-bond acceptors (Lipinski definition) is 4. The summed E-state index contributed by atoms with van der Waals surface area (Å²) in [5, 5.41) is 0.827. The minimum atomic E-state index is 0.242. The quantitative estimate of drug-likeness (QED) is 0.542. The van der Waals surface area contributed by atoms with Crippen LogP contribution in [0.4, 0.5) is 0 Å². The van der Waals surface area contributed by atoms with Gasteiger partial charge in [-0.2, -0.15) is 0 Å². The minimum absolute atomic E-state index is 0.242. The van der Waals surface area contributed by atoms with Crippen molar-refractivity contribution < 1.29 is 4.79 Å². The van der Waals surface area contributed by atoms with E-state index in [2.05, 4.69) is 16.0 Å². The molecule has 2 aliphatic rings. The van der Waals surface area contributed by atoms with Crippen molar-refractivity contribution in [3.63, 3.8) is 0 Å². The Bertz CT molecular complexity index is 491. The van der Waals surface area contributed by atoms with Gasteiger partial charge in [0, 0.05) is 36.4 Å². The molecule has 23 heavy (non-hydrogen) atoms. The molecule has 1 amide bonds. The Morgan fingerprint density at radius 2 is 2.26 bits per heavy atom. The first-order valence-corrected chi connectivity index (χ1v) is 11.2. The van der Waals surface area contributed by atoms with Gasteiger partial charge in [-0.1, -0.05) is 34.1 Å². The second kappa shape index (κ2) is 8.97. The largest absolute Gasteiger partial charge is 0.336 e. The van der Waals surface area contributed by atoms with E-state index in [9.17, 15) is 4.79 Å². The molecule has 0 spiro atoms. The van der Waals surface area contributed by atoms with Gasteiger partial charge in [0.2, 0.25) is 5.91 Å². The maximum absolute atomic E-state index is 12.7. The van der Waals surface area contributed by atoms with E-state index in [1.807, 2.05) is 33.9 Å². The van der Waals surface area contributed by atoms with Crippen LogP contribution in [0.25, 0.3) is 0 Å². The first kappa shape index (κ1) is 17.2. The summed E-state index contributed by atoms with van der Waals surface area (Å²) in [6.45, 7) is 0.910. The van der Waals surface area contributed by atoms with E-state index >= 15 is 0 Å². The van der Waals surface area contributed by atoms with Crippen LogP contribution in [0.1, 0.15) is 63.0 Å². The molecular formula is C18H26N2OS2. The summed E-state index contributed by atoms with van der Waals surface area (Å²) >= 11 is 0. The molecule has 1 unspecified atom stereocenters. The van der Waals surface area contributed by atoms with Crippen LogP contribution in [0.5, 0.6) is 0 Å². The fourth-order valence-corrected chi connectivity index (χ4v) is 6.53. The van der Waals surface area contributed by atoms with E-state index in [0.717, 1.165) is 31.1 Å². The van der Waals surface area contributed by atoms with Gasteiger partial charge >= 0.3 is 0 Å². The SMILES string of the molecule is O=C(CCCCC1CCSS1)N1CCCC[C@H]1c1cccnc1. The minimum Gasteiger partial charge on any atom is -0.336 e. The van der Waals surface area contributed by atoms with Crippen molar-refractivity contribution >= 4 is 27.5 Å². The molecule has 0 saturated carbocycles. The molecule has 0 aliphatic carbocycles. The highest BCUT2D eigenvalue weighted by atomic mass is 33.1. The van der Waals surface area contributed by atoms with Crippen molar-refractivity contribution in [1.29, 1.82) is 0 Å². The third-order valence-electron chi connectivity index (χ3n) is 4.79. The fraction of sp³-hybridized carbons (Fsp3) is 0.667. The molecule has 126 valence electrons. The number of pyridine rings is 1. The number of carbonyl (C=O) groups excluding carboxylic acids is 1. The molecule has 0 N–H and O–H groups in total. The summed E-state index contributed by atoms with van der Waals surface area (Å²) in [7, 11) is 4.04. The topological polar surface area (TPSA) is 33.2 Å². The third-order valence-corrected chi connectivity index (χ3v) is 7.79. The Labute approximate surface area is 147 Å². The molecule has 2 atom stereocenters. The summed E-state index contributed by atoms with van der Waals surface area (Å²) in [4.78, 5) is 19.0. The van der Waals surface area contributed by atoms with Gasteiger partial charge in [-0.25, -0.2) is 0 Å². The summed E-state index contributed by atoms with van der Waals surface area (Å²) in [6.07, 6.45) is 12.7. The Morgan fingerprint density at radius 1 is 1.30 bits per heavy atom. The van der Waals surface area contributed by atoms with Gasteiger partial charge in [0.1, 0.15) is 0 Å². The van der Waals surface area contributed by atoms with Crippen molar-refractivity contribution in [3.05, 3.63) is 30.1 Å². The molecule has 3 nitrogen and oxygen atoms in total. The van der Waals surface area contributed by atoms with Gasteiger partial charge < -0.3 is 4.90 Å². The zero-order chi connectivity index (χ0) is 15.9. The number of aromatic nitrogens is 1. The second-order valence-corrected chi connectivity index (χ2v) is 9.25. The number of piperidine rings is 1. The van der Waals surface area contributed by atoms with Gasteiger partial charge in [-0.3, -0.25) is 9.78 Å². The van der Waals surface area contributed by atoms with E-state index in [1.165, 1.54) is 37.0 Å². The Hall–Kier alpha value is -0.680. The molecular weight excluding hydrogens is 324 g/mol. The first-order valence-electron chi connectivity index (χ1n) is 8.82. The second-order valence-electron chi connectivity index (χ2n) is 6.46. The predicted molar refractivity (Wildman–Crippen MR) is 99.5 cm³/mol. The summed E-state index contributed by atoms with van der Waals surface area (Å²) in [5.74, 6) is 1.64. The van der Waals surface area contributed by atoms with E-state index in [0.29, 0.717) is 12.3 Å². The number of rotatable bonds is 6. The average molecular weight is 351 g/mol. The number of unbranched alkanes of at least 4 members (excludes halogenated alkanes) is 1. The number of amides is 1. The Kier molecular flexibility index (Phi) is 6.69. The molecule has 2 aliphatic heterocycles. The van der Waals surface area contributed by atoms with Crippen LogP contribution in [0.15, 0.2) is 24.5 Å². The van der Waals surface area contributed by atoms with Crippen LogP contribution >= 0.6 is 21.6 Å². The van der Waals surface area contributed by atoms with Crippen LogP contribution in [-0.2, 0) is 4.79 Å². The molecule has 1 aromatic heterocycles. The van der Waals surface area contributed by atoms with Gasteiger partial charge in [-0.05, 0) is 50.2 Å². The van der Waals surface area contributed by atoms with E-state index in [4.69, 9.17) is 0 Å². The highest BCUT2D eigenvalue weighted by Crippen LogP contribution is 2.40. The molecule has 2 fully saturated rings. The number of likely N-dealkylation sites (tertiary alicyclic amines) is 1. The highest BCUT2D eigenvalue weighted by molar-refractivity contribution is 8.77. The summed E-state index contributed by atoms with van der Waals surface area (Å²) in [6, 6.07) is 4.33. The molecule has 0 radical (unpaired) electrons. The zero-order valence-electron chi connectivity index (χ0n) is 13.7. The van der Waals surface area contributed by atoms with Crippen molar-refractivity contribution in [1.82, 2.24) is 9.88 Å². The molecule has 1 aromatic rings. The first-order chi connectivity index (χ1) is 11.3. The smallest absolute Gasteiger partial charge is 0.223 e. The lowest BCUT2D eigenvalue weighted by molar-refractivity contribution is -0.135. The zero-order valence-corrected chi connectivity index (χ0v) is 15.3. The van der Waals surface area contributed by atoms with Crippen molar-refractivity contribution in [2.75, 3.05) is 12.3 Å². The van der Waals surface area contributed by atoms with Crippen LogP contribution < -0.4 is 0 Å². The van der Waals surface area contributed by atoms with Crippen LogP contribution in [0.3, 0.4) is 0 Å². The van der Waals surface area contributed by atoms with Gasteiger partial charge in [0.25, 0.3) is 0 Å². The Balaban J connectivity index is 1.48.